The molecule has 0 aliphatic heterocycles. The Morgan fingerprint density at radius 2 is 1.31 bits per heavy atom. The molecule has 0 unspecified atom stereocenters. The highest BCUT2D eigenvalue weighted by Crippen LogP contribution is 2.44. The van der Waals surface area contributed by atoms with Crippen molar-refractivity contribution in [3.8, 4) is 5.75 Å². The average Bonchev–Trinajstić information content (AvgIpc) is 2.68. The summed E-state index contributed by atoms with van der Waals surface area (Å²) in [5.74, 6) is -3.44. The van der Waals surface area contributed by atoms with E-state index in [2.05, 4.69) is 6.92 Å². The first-order chi connectivity index (χ1) is 13.6. The molecule has 0 radical (unpaired) electrons. The van der Waals surface area contributed by atoms with E-state index < -0.39 is 23.6 Å². The van der Waals surface area contributed by atoms with Crippen molar-refractivity contribution >= 4 is 5.97 Å². The predicted octanol–water partition coefficient (Wildman–Crippen LogP) is 6.88. The first-order valence-corrected chi connectivity index (χ1v) is 10.3. The van der Waals surface area contributed by atoms with Gasteiger partial charge >= 0.3 is 18.1 Å². The molecule has 2 saturated carbocycles. The number of carbonyl (C=O) groups is 1. The normalized spacial score (nSPS) is 28.8. The highest BCUT2D eigenvalue weighted by atomic mass is 19.4. The first-order valence-electron chi connectivity index (χ1n) is 10.3. The number of rotatable bonds is 4. The van der Waals surface area contributed by atoms with Crippen molar-refractivity contribution in [2.45, 2.75) is 70.4 Å². The van der Waals surface area contributed by atoms with Gasteiger partial charge in [-0.15, -0.1) is 0 Å². The van der Waals surface area contributed by atoms with Crippen LogP contribution in [0.15, 0.2) is 24.3 Å². The molecule has 1 aromatic rings. The molecule has 3 rings (SSSR count). The van der Waals surface area contributed by atoms with Gasteiger partial charge in [-0.2, -0.15) is 22.0 Å². The maximum absolute atomic E-state index is 13.3. The maximum atomic E-state index is 13.3. The largest absolute Gasteiger partial charge is 0.458 e. The summed E-state index contributed by atoms with van der Waals surface area (Å²) in [5.41, 5.74) is -1.17. The zero-order chi connectivity index (χ0) is 21.2. The van der Waals surface area contributed by atoms with Crippen LogP contribution < -0.4 is 4.74 Å². The van der Waals surface area contributed by atoms with Gasteiger partial charge in [0.1, 0.15) is 5.75 Å². The SMILES string of the molecule is CC1CCC(C2CCC(C(=O)Oc3ccc(C(F)(F)C(F)(F)F)cc3)CC2)CC1. The number of benzene rings is 1. The van der Waals surface area contributed by atoms with Crippen LogP contribution in [-0.4, -0.2) is 12.1 Å². The van der Waals surface area contributed by atoms with E-state index in [9.17, 15) is 26.7 Å². The van der Waals surface area contributed by atoms with Gasteiger partial charge in [0.15, 0.2) is 0 Å². The molecule has 29 heavy (non-hydrogen) atoms. The molecular weight excluding hydrogens is 391 g/mol. The summed E-state index contributed by atoms with van der Waals surface area (Å²) in [4.78, 5) is 12.4. The number of hydrogen-bond donors (Lipinski definition) is 0. The number of carbonyl (C=O) groups excluding carboxylic acids is 1. The molecule has 0 spiro atoms. The molecule has 0 heterocycles. The third-order valence-electron chi connectivity index (χ3n) is 6.62. The van der Waals surface area contributed by atoms with Gasteiger partial charge in [0.2, 0.25) is 0 Å². The molecule has 2 fully saturated rings. The van der Waals surface area contributed by atoms with Crippen LogP contribution in [0.5, 0.6) is 5.75 Å². The standard InChI is InChI=1S/C22H27F5O2/c1-14-2-4-15(5-3-14)16-6-8-17(9-7-16)20(28)29-19-12-10-18(11-13-19)21(23,24)22(25,26)27/h10-17H,2-9H2,1H3. The van der Waals surface area contributed by atoms with Crippen molar-refractivity contribution in [3.05, 3.63) is 29.8 Å². The minimum absolute atomic E-state index is 0.0138. The molecule has 162 valence electrons. The molecule has 0 aromatic heterocycles. The molecule has 0 atom stereocenters. The smallest absolute Gasteiger partial charge is 0.426 e. The lowest BCUT2D eigenvalue weighted by Crippen LogP contribution is -2.33. The van der Waals surface area contributed by atoms with Crippen LogP contribution in [0.3, 0.4) is 0 Å². The second-order valence-corrected chi connectivity index (χ2v) is 8.65. The monoisotopic (exact) mass is 418 g/mol. The van der Waals surface area contributed by atoms with E-state index in [0.717, 1.165) is 49.7 Å². The third-order valence-corrected chi connectivity index (χ3v) is 6.62. The maximum Gasteiger partial charge on any atom is 0.458 e. The van der Waals surface area contributed by atoms with Gasteiger partial charge in [-0.1, -0.05) is 19.8 Å². The summed E-state index contributed by atoms with van der Waals surface area (Å²) in [6, 6.07) is 3.28. The number of halogens is 5. The second-order valence-electron chi connectivity index (χ2n) is 8.65. The van der Waals surface area contributed by atoms with Gasteiger partial charge in [0, 0.05) is 5.56 Å². The lowest BCUT2D eigenvalue weighted by atomic mass is 9.69. The van der Waals surface area contributed by atoms with Crippen molar-refractivity contribution < 1.29 is 31.5 Å². The molecule has 2 aliphatic rings. The number of ether oxygens (including phenoxy) is 1. The topological polar surface area (TPSA) is 26.3 Å². The molecule has 2 aliphatic carbocycles. The van der Waals surface area contributed by atoms with E-state index >= 15 is 0 Å². The number of esters is 1. The molecule has 0 bridgehead atoms. The third kappa shape index (κ3) is 5.10. The van der Waals surface area contributed by atoms with Crippen molar-refractivity contribution in [2.75, 3.05) is 0 Å². The van der Waals surface area contributed by atoms with Crippen LogP contribution in [0.25, 0.3) is 0 Å². The van der Waals surface area contributed by atoms with Crippen molar-refractivity contribution in [1.29, 1.82) is 0 Å². The number of alkyl halides is 5. The Hall–Kier alpha value is -1.66. The van der Waals surface area contributed by atoms with Gasteiger partial charge in [-0.05, 0) is 80.5 Å². The molecule has 0 N–H and O–H groups in total. The summed E-state index contributed by atoms with van der Waals surface area (Å²) in [5, 5.41) is 0. The minimum atomic E-state index is -5.67. The van der Waals surface area contributed by atoms with Gasteiger partial charge in [0.05, 0.1) is 5.92 Å². The Balaban J connectivity index is 1.51. The van der Waals surface area contributed by atoms with E-state index in [1.807, 2.05) is 0 Å². The van der Waals surface area contributed by atoms with Crippen LogP contribution in [0.2, 0.25) is 0 Å². The first kappa shape index (κ1) is 22.0. The summed E-state index contributed by atoms with van der Waals surface area (Å²) < 4.78 is 69.2. The van der Waals surface area contributed by atoms with Crippen LogP contribution in [-0.2, 0) is 10.7 Å². The molecule has 0 saturated heterocycles. The van der Waals surface area contributed by atoms with E-state index in [1.54, 1.807) is 0 Å². The van der Waals surface area contributed by atoms with Gasteiger partial charge in [0.25, 0.3) is 0 Å². The fourth-order valence-electron chi connectivity index (χ4n) is 4.68. The van der Waals surface area contributed by atoms with Crippen molar-refractivity contribution in [2.24, 2.45) is 23.7 Å². The van der Waals surface area contributed by atoms with E-state index in [4.69, 9.17) is 4.74 Å². The van der Waals surface area contributed by atoms with Crippen LogP contribution in [0, 0.1) is 23.7 Å². The average molecular weight is 418 g/mol. The van der Waals surface area contributed by atoms with Crippen LogP contribution in [0.1, 0.15) is 63.9 Å². The number of hydrogen-bond acceptors (Lipinski definition) is 2. The van der Waals surface area contributed by atoms with Gasteiger partial charge in [-0.25, -0.2) is 0 Å². The van der Waals surface area contributed by atoms with Crippen molar-refractivity contribution in [3.63, 3.8) is 0 Å². The molecule has 7 heteroatoms. The minimum Gasteiger partial charge on any atom is -0.426 e. The van der Waals surface area contributed by atoms with Crippen LogP contribution >= 0.6 is 0 Å². The van der Waals surface area contributed by atoms with E-state index in [1.165, 1.54) is 25.7 Å². The molecule has 0 amide bonds. The fourth-order valence-corrected chi connectivity index (χ4v) is 4.68. The zero-order valence-corrected chi connectivity index (χ0v) is 16.5. The molecule has 1 aromatic carbocycles. The van der Waals surface area contributed by atoms with Gasteiger partial charge < -0.3 is 4.74 Å². The highest BCUT2D eigenvalue weighted by Gasteiger charge is 2.58. The van der Waals surface area contributed by atoms with Gasteiger partial charge in [-0.3, -0.25) is 4.79 Å². The lowest BCUT2D eigenvalue weighted by molar-refractivity contribution is -0.289. The quantitative estimate of drug-likeness (QED) is 0.303. The molecular formula is C22H27F5O2. The Kier molecular flexibility index (Phi) is 6.54. The second kappa shape index (κ2) is 8.60. The van der Waals surface area contributed by atoms with Crippen molar-refractivity contribution in [1.82, 2.24) is 0 Å². The van der Waals surface area contributed by atoms with E-state index in [-0.39, 0.29) is 11.7 Å². The fraction of sp³-hybridized carbons (Fsp3) is 0.682. The van der Waals surface area contributed by atoms with E-state index in [0.29, 0.717) is 18.1 Å². The summed E-state index contributed by atoms with van der Waals surface area (Å²) >= 11 is 0. The highest BCUT2D eigenvalue weighted by molar-refractivity contribution is 5.75. The molecule has 2 nitrogen and oxygen atoms in total. The summed E-state index contributed by atoms with van der Waals surface area (Å²) in [6.07, 6.45) is 2.84. The summed E-state index contributed by atoms with van der Waals surface area (Å²) in [6.45, 7) is 2.29. The Bertz CT molecular complexity index is 682. The summed E-state index contributed by atoms with van der Waals surface area (Å²) in [7, 11) is 0. The van der Waals surface area contributed by atoms with Crippen LogP contribution in [0.4, 0.5) is 22.0 Å². The Morgan fingerprint density at radius 1 is 0.828 bits per heavy atom. The lowest BCUT2D eigenvalue weighted by Gasteiger charge is -2.36. The predicted molar refractivity (Wildman–Crippen MR) is 98.6 cm³/mol. The zero-order valence-electron chi connectivity index (χ0n) is 16.5. The Morgan fingerprint density at radius 3 is 1.79 bits per heavy atom. The Labute approximate surface area is 167 Å².